The average molecular weight is 457 g/mol. The SMILES string of the molecule is CCN(CCCC(C#N)(c1c(Cl)cccc1Cl)C1CCCCC1)CCc1ccccc1. The lowest BCUT2D eigenvalue weighted by Crippen LogP contribution is -2.37. The molecule has 0 amide bonds. The molecule has 166 valence electrons. The molecule has 4 heteroatoms. The molecule has 0 N–H and O–H groups in total. The summed E-state index contributed by atoms with van der Waals surface area (Å²) in [5.41, 5.74) is 1.63. The molecule has 2 aromatic rings. The van der Waals surface area contributed by atoms with E-state index in [4.69, 9.17) is 23.2 Å². The fourth-order valence-corrected chi connectivity index (χ4v) is 5.93. The van der Waals surface area contributed by atoms with Gasteiger partial charge in [0.2, 0.25) is 0 Å². The molecule has 0 heterocycles. The van der Waals surface area contributed by atoms with Gasteiger partial charge in [0.15, 0.2) is 0 Å². The maximum absolute atomic E-state index is 10.5. The highest BCUT2D eigenvalue weighted by Crippen LogP contribution is 2.48. The molecule has 2 nitrogen and oxygen atoms in total. The van der Waals surface area contributed by atoms with Crippen molar-refractivity contribution in [3.63, 3.8) is 0 Å². The van der Waals surface area contributed by atoms with Gasteiger partial charge in [-0.2, -0.15) is 5.26 Å². The van der Waals surface area contributed by atoms with E-state index in [0.29, 0.717) is 16.0 Å². The second-order valence-corrected chi connectivity index (χ2v) is 9.60. The van der Waals surface area contributed by atoms with Crippen LogP contribution in [0.15, 0.2) is 48.5 Å². The van der Waals surface area contributed by atoms with Crippen molar-refractivity contribution < 1.29 is 0 Å². The largest absolute Gasteiger partial charge is 0.303 e. The summed E-state index contributed by atoms with van der Waals surface area (Å²) < 4.78 is 0. The summed E-state index contributed by atoms with van der Waals surface area (Å²) in [7, 11) is 0. The molecule has 31 heavy (non-hydrogen) atoms. The standard InChI is InChI=1S/C27H34Cl2N2/c1-2-31(20-17-22-11-5-3-6-12-22)19-10-18-27(21-30,23-13-7-4-8-14-23)26-24(28)15-9-16-25(26)29/h3,5-6,9,11-12,15-16,23H,2,4,7-8,10,13-14,17-20H2,1H3. The van der Waals surface area contributed by atoms with E-state index in [1.807, 2.05) is 18.2 Å². The predicted octanol–water partition coefficient (Wildman–Crippen LogP) is 7.68. The van der Waals surface area contributed by atoms with Crippen molar-refractivity contribution in [3.05, 3.63) is 69.7 Å². The zero-order valence-electron chi connectivity index (χ0n) is 18.6. The molecule has 2 aromatic carbocycles. The maximum Gasteiger partial charge on any atom is 0.0879 e. The monoisotopic (exact) mass is 456 g/mol. The molecule has 0 aliphatic heterocycles. The van der Waals surface area contributed by atoms with Crippen LogP contribution in [0.1, 0.15) is 63.0 Å². The first-order valence-electron chi connectivity index (χ1n) is 11.7. The third-order valence-corrected chi connectivity index (χ3v) is 7.59. The topological polar surface area (TPSA) is 27.0 Å². The second-order valence-electron chi connectivity index (χ2n) is 8.79. The van der Waals surface area contributed by atoms with E-state index in [1.54, 1.807) is 0 Å². The van der Waals surface area contributed by atoms with E-state index in [-0.39, 0.29) is 0 Å². The minimum absolute atomic E-state index is 0.322. The molecular weight excluding hydrogens is 423 g/mol. The number of benzene rings is 2. The van der Waals surface area contributed by atoms with Gasteiger partial charge in [0, 0.05) is 22.2 Å². The lowest BCUT2D eigenvalue weighted by molar-refractivity contribution is 0.218. The van der Waals surface area contributed by atoms with E-state index in [9.17, 15) is 5.26 Å². The highest BCUT2D eigenvalue weighted by molar-refractivity contribution is 6.36. The maximum atomic E-state index is 10.5. The molecule has 1 saturated carbocycles. The second kappa shape index (κ2) is 11.9. The lowest BCUT2D eigenvalue weighted by Gasteiger charge is -2.39. The van der Waals surface area contributed by atoms with Crippen molar-refractivity contribution in [1.29, 1.82) is 5.26 Å². The molecule has 3 rings (SSSR count). The highest BCUT2D eigenvalue weighted by Gasteiger charge is 2.43. The lowest BCUT2D eigenvalue weighted by atomic mass is 9.63. The van der Waals surface area contributed by atoms with Gasteiger partial charge in [-0.3, -0.25) is 0 Å². The number of halogens is 2. The number of nitrogens with zero attached hydrogens (tertiary/aromatic N) is 2. The normalized spacial score (nSPS) is 16.7. The summed E-state index contributed by atoms with van der Waals surface area (Å²) in [6.07, 6.45) is 8.63. The van der Waals surface area contributed by atoms with Crippen LogP contribution in [0.2, 0.25) is 10.0 Å². The fourth-order valence-electron chi connectivity index (χ4n) is 5.20. The van der Waals surface area contributed by atoms with Crippen molar-refractivity contribution in [2.45, 2.75) is 63.7 Å². The van der Waals surface area contributed by atoms with Crippen molar-refractivity contribution in [2.24, 2.45) is 5.92 Å². The first kappa shape index (κ1) is 24.1. The van der Waals surface area contributed by atoms with E-state index in [1.165, 1.54) is 24.8 Å². The Morgan fingerprint density at radius 2 is 1.65 bits per heavy atom. The summed E-state index contributed by atoms with van der Waals surface area (Å²) in [5.74, 6) is 0.322. The molecule has 0 aromatic heterocycles. The molecule has 0 radical (unpaired) electrons. The fraction of sp³-hybridized carbons (Fsp3) is 0.519. The Bertz CT molecular complexity index is 835. The first-order chi connectivity index (χ1) is 15.1. The van der Waals surface area contributed by atoms with E-state index in [0.717, 1.165) is 57.3 Å². The van der Waals surface area contributed by atoms with Crippen molar-refractivity contribution in [2.75, 3.05) is 19.6 Å². The van der Waals surface area contributed by atoms with Crippen LogP contribution in [0, 0.1) is 17.2 Å². The number of rotatable bonds is 10. The average Bonchev–Trinajstić information content (AvgIpc) is 2.81. The number of likely N-dealkylation sites (N-methyl/N-ethyl adjacent to an activating group) is 1. The quantitative estimate of drug-likeness (QED) is 0.366. The van der Waals surface area contributed by atoms with Crippen molar-refractivity contribution in [1.82, 2.24) is 4.90 Å². The van der Waals surface area contributed by atoms with Gasteiger partial charge in [-0.05, 0) is 68.8 Å². The van der Waals surface area contributed by atoms with E-state index < -0.39 is 5.41 Å². The Kier molecular flexibility index (Phi) is 9.27. The van der Waals surface area contributed by atoms with E-state index in [2.05, 4.69) is 48.2 Å². The smallest absolute Gasteiger partial charge is 0.0879 e. The van der Waals surface area contributed by atoms with E-state index >= 15 is 0 Å². The van der Waals surface area contributed by atoms with Gasteiger partial charge in [0.25, 0.3) is 0 Å². The van der Waals surface area contributed by atoms with Crippen LogP contribution in [-0.4, -0.2) is 24.5 Å². The summed E-state index contributed by atoms with van der Waals surface area (Å²) in [6.45, 7) is 5.26. The van der Waals surface area contributed by atoms with Crippen LogP contribution >= 0.6 is 23.2 Å². The Balaban J connectivity index is 1.73. The van der Waals surface area contributed by atoms with Crippen LogP contribution in [0.5, 0.6) is 0 Å². The Labute approximate surface area is 198 Å². The molecule has 1 atom stereocenters. The summed E-state index contributed by atoms with van der Waals surface area (Å²) in [6, 6.07) is 19.0. The minimum Gasteiger partial charge on any atom is -0.303 e. The van der Waals surface area contributed by atoms with Crippen LogP contribution in [0.3, 0.4) is 0 Å². The molecule has 0 saturated heterocycles. The van der Waals surface area contributed by atoms with Crippen LogP contribution in [-0.2, 0) is 11.8 Å². The zero-order chi connectivity index (χ0) is 22.1. The summed E-state index contributed by atoms with van der Waals surface area (Å²) in [5, 5.41) is 11.8. The van der Waals surface area contributed by atoms with Crippen LogP contribution in [0.4, 0.5) is 0 Å². The Hall–Kier alpha value is -1.53. The Morgan fingerprint density at radius 3 is 2.26 bits per heavy atom. The van der Waals surface area contributed by atoms with Crippen LogP contribution < -0.4 is 0 Å². The van der Waals surface area contributed by atoms with Gasteiger partial charge in [0.05, 0.1) is 11.5 Å². The minimum atomic E-state index is -0.602. The van der Waals surface area contributed by atoms with Gasteiger partial charge in [-0.15, -0.1) is 0 Å². The zero-order valence-corrected chi connectivity index (χ0v) is 20.1. The Morgan fingerprint density at radius 1 is 0.968 bits per heavy atom. The molecule has 1 unspecified atom stereocenters. The van der Waals surface area contributed by atoms with Crippen molar-refractivity contribution >= 4 is 23.2 Å². The van der Waals surface area contributed by atoms with Gasteiger partial charge in [-0.1, -0.05) is 85.8 Å². The molecule has 1 fully saturated rings. The van der Waals surface area contributed by atoms with Crippen molar-refractivity contribution in [3.8, 4) is 6.07 Å². The number of nitriles is 1. The van der Waals surface area contributed by atoms with Gasteiger partial charge < -0.3 is 4.90 Å². The van der Waals surface area contributed by atoms with Gasteiger partial charge >= 0.3 is 0 Å². The first-order valence-corrected chi connectivity index (χ1v) is 12.5. The third-order valence-electron chi connectivity index (χ3n) is 6.96. The molecule has 1 aliphatic rings. The predicted molar refractivity (Wildman–Crippen MR) is 132 cm³/mol. The highest BCUT2D eigenvalue weighted by atomic mass is 35.5. The van der Waals surface area contributed by atoms with Gasteiger partial charge in [-0.25, -0.2) is 0 Å². The van der Waals surface area contributed by atoms with Gasteiger partial charge in [0.1, 0.15) is 0 Å². The molecule has 0 spiro atoms. The third kappa shape index (κ3) is 6.04. The number of hydrogen-bond acceptors (Lipinski definition) is 2. The summed E-state index contributed by atoms with van der Waals surface area (Å²) >= 11 is 13.3. The number of hydrogen-bond donors (Lipinski definition) is 0. The molecule has 1 aliphatic carbocycles. The molecular formula is C27H34Cl2N2. The summed E-state index contributed by atoms with van der Waals surface area (Å²) in [4.78, 5) is 2.49. The van der Waals surface area contributed by atoms with Crippen LogP contribution in [0.25, 0.3) is 0 Å². The molecule has 0 bridgehead atoms.